The number of aromatic hydroxyl groups is 1. The minimum Gasteiger partial charge on any atom is -0.632 e. The molecule has 3 N–H and O–H groups in total. The number of hydrogen-bond donors (Lipinski definition) is 3. The number of fused-ring (bicyclic) bond motifs is 1. The number of rotatable bonds is 3. The van der Waals surface area contributed by atoms with Crippen LogP contribution in [0.4, 0.5) is 0 Å². The summed E-state index contributed by atoms with van der Waals surface area (Å²) in [7, 11) is 0. The van der Waals surface area contributed by atoms with E-state index in [0.29, 0.717) is 0 Å². The highest BCUT2D eigenvalue weighted by atomic mass is 16.5. The Morgan fingerprint density at radius 1 is 0.964 bits per heavy atom. The predicted molar refractivity (Wildman–Crippen MR) is 107 cm³/mol. The van der Waals surface area contributed by atoms with Gasteiger partial charge in [0.25, 0.3) is 5.91 Å². The van der Waals surface area contributed by atoms with Crippen molar-refractivity contribution >= 4 is 11.5 Å². The van der Waals surface area contributed by atoms with Crippen LogP contribution in [0.2, 0.25) is 0 Å². The first kappa shape index (κ1) is 18.0. The van der Waals surface area contributed by atoms with Crippen LogP contribution in [0.15, 0.2) is 84.9 Å². The highest BCUT2D eigenvalue weighted by Crippen LogP contribution is 2.27. The van der Waals surface area contributed by atoms with Crippen LogP contribution >= 0.6 is 0 Å². The van der Waals surface area contributed by atoms with Crippen molar-refractivity contribution in [3.63, 3.8) is 0 Å². The van der Waals surface area contributed by atoms with E-state index in [-0.39, 0.29) is 22.9 Å². The first-order chi connectivity index (χ1) is 13.6. The molecule has 0 saturated carbocycles. The van der Waals surface area contributed by atoms with Crippen LogP contribution in [0.3, 0.4) is 0 Å². The minimum atomic E-state index is -0.783. The van der Waals surface area contributed by atoms with Gasteiger partial charge in [-0.15, -0.1) is 0 Å². The summed E-state index contributed by atoms with van der Waals surface area (Å²) < 4.78 is 0. The van der Waals surface area contributed by atoms with E-state index >= 15 is 0 Å². The molecular formula is C23H20N2O3. The van der Waals surface area contributed by atoms with Crippen molar-refractivity contribution < 1.29 is 15.0 Å². The number of phenolic OH excluding ortho intramolecular Hbond substituents is 1. The smallest absolute Gasteiger partial charge is 0.259 e. The number of phenols is 1. The number of carbonyl (C=O) groups excluding carboxylic acids is 1. The van der Waals surface area contributed by atoms with Gasteiger partial charge in [-0.05, 0) is 28.8 Å². The van der Waals surface area contributed by atoms with Gasteiger partial charge in [0.05, 0.1) is 5.56 Å². The molecule has 0 fully saturated rings. The monoisotopic (exact) mass is 372 g/mol. The maximum atomic E-state index is 12.9. The van der Waals surface area contributed by atoms with Crippen LogP contribution in [-0.2, 0) is 6.54 Å². The van der Waals surface area contributed by atoms with E-state index in [9.17, 15) is 15.1 Å². The van der Waals surface area contributed by atoms with E-state index < -0.39 is 12.1 Å². The van der Waals surface area contributed by atoms with E-state index in [1.165, 1.54) is 12.1 Å². The SMILES string of the molecule is O=C(NC1C=C(c2ccccc2)c2ccccc2C[NH+]1[O-])c1ccccc1O. The fourth-order valence-corrected chi connectivity index (χ4v) is 3.46. The van der Waals surface area contributed by atoms with Gasteiger partial charge in [-0.3, -0.25) is 10.1 Å². The Labute approximate surface area is 163 Å². The van der Waals surface area contributed by atoms with Crippen molar-refractivity contribution in [2.45, 2.75) is 12.7 Å². The summed E-state index contributed by atoms with van der Waals surface area (Å²) in [5.41, 5.74) is 3.95. The van der Waals surface area contributed by atoms with Gasteiger partial charge in [-0.25, -0.2) is 0 Å². The van der Waals surface area contributed by atoms with Gasteiger partial charge in [0.15, 0.2) is 6.17 Å². The maximum Gasteiger partial charge on any atom is 0.259 e. The normalized spacial score (nSPS) is 18.5. The van der Waals surface area contributed by atoms with Gasteiger partial charge in [-0.2, -0.15) is 0 Å². The summed E-state index contributed by atoms with van der Waals surface area (Å²) in [6, 6.07) is 23.9. The molecule has 0 saturated heterocycles. The number of carbonyl (C=O) groups is 1. The van der Waals surface area contributed by atoms with Crippen molar-refractivity contribution in [1.29, 1.82) is 0 Å². The molecule has 28 heavy (non-hydrogen) atoms. The van der Waals surface area contributed by atoms with Crippen molar-refractivity contribution in [2.24, 2.45) is 0 Å². The molecule has 2 unspecified atom stereocenters. The summed E-state index contributed by atoms with van der Waals surface area (Å²) in [5, 5.41) is 25.5. The van der Waals surface area contributed by atoms with Crippen molar-refractivity contribution in [2.75, 3.05) is 0 Å². The van der Waals surface area contributed by atoms with Gasteiger partial charge < -0.3 is 15.4 Å². The number of nitrogens with one attached hydrogen (secondary N) is 2. The van der Waals surface area contributed by atoms with Crippen LogP contribution in [-0.4, -0.2) is 17.2 Å². The summed E-state index contributed by atoms with van der Waals surface area (Å²) in [4.78, 5) is 12.7. The van der Waals surface area contributed by atoms with Crippen LogP contribution in [0, 0.1) is 5.21 Å². The Hall–Kier alpha value is -3.41. The number of hydroxylamine groups is 2. The van der Waals surface area contributed by atoms with Crippen molar-refractivity contribution in [3.8, 4) is 5.75 Å². The molecule has 3 aromatic carbocycles. The van der Waals surface area contributed by atoms with Gasteiger partial charge in [-0.1, -0.05) is 66.7 Å². The molecule has 1 amide bonds. The molecule has 2 atom stereocenters. The molecule has 0 bridgehead atoms. The standard InChI is InChI=1S/C23H20N2O3/c26-21-13-7-6-12-19(21)23(27)24-22-14-20(16-8-2-1-3-9-16)18-11-5-4-10-17(18)15-25(22)28/h1-14,22,25-26H,15H2,(H,24,27). The van der Waals surface area contributed by atoms with Crippen molar-refractivity contribution in [3.05, 3.63) is 112 Å². The number of quaternary nitrogens is 1. The Balaban J connectivity index is 1.74. The lowest BCUT2D eigenvalue weighted by Gasteiger charge is -2.29. The molecule has 1 aliphatic heterocycles. The number of hydrogen-bond acceptors (Lipinski definition) is 3. The topological polar surface area (TPSA) is 76.8 Å². The lowest BCUT2D eigenvalue weighted by molar-refractivity contribution is -0.884. The fraction of sp³-hybridized carbons (Fsp3) is 0.0870. The summed E-state index contributed by atoms with van der Waals surface area (Å²) >= 11 is 0. The molecule has 0 radical (unpaired) electrons. The van der Waals surface area contributed by atoms with Crippen LogP contribution < -0.4 is 10.4 Å². The quantitative estimate of drug-likeness (QED) is 0.618. The lowest BCUT2D eigenvalue weighted by Crippen LogP contribution is -3.11. The summed E-state index contributed by atoms with van der Waals surface area (Å²) in [6.07, 6.45) is 1.02. The second-order valence-electron chi connectivity index (χ2n) is 6.71. The predicted octanol–water partition coefficient (Wildman–Crippen LogP) is 2.48. The first-order valence-corrected chi connectivity index (χ1v) is 9.10. The molecule has 5 heteroatoms. The number of amides is 1. The third-order valence-corrected chi connectivity index (χ3v) is 4.87. The zero-order chi connectivity index (χ0) is 19.5. The van der Waals surface area contributed by atoms with Crippen LogP contribution in [0.1, 0.15) is 27.0 Å². The molecule has 4 rings (SSSR count). The highest BCUT2D eigenvalue weighted by Gasteiger charge is 2.25. The molecule has 0 aromatic heterocycles. The van der Waals surface area contributed by atoms with Gasteiger partial charge >= 0.3 is 0 Å². The van der Waals surface area contributed by atoms with Crippen LogP contribution in [0.5, 0.6) is 5.75 Å². The second kappa shape index (κ2) is 7.68. The number of benzene rings is 3. The lowest BCUT2D eigenvalue weighted by atomic mass is 9.94. The molecule has 5 nitrogen and oxygen atoms in total. The van der Waals surface area contributed by atoms with E-state index in [4.69, 9.17) is 0 Å². The average molecular weight is 372 g/mol. The van der Waals surface area contributed by atoms with E-state index in [1.807, 2.05) is 54.6 Å². The van der Waals surface area contributed by atoms with Gasteiger partial charge in [0.1, 0.15) is 12.3 Å². The van der Waals surface area contributed by atoms with Gasteiger partial charge in [0, 0.05) is 11.6 Å². The first-order valence-electron chi connectivity index (χ1n) is 9.10. The fourth-order valence-electron chi connectivity index (χ4n) is 3.46. The largest absolute Gasteiger partial charge is 0.632 e. The third-order valence-electron chi connectivity index (χ3n) is 4.87. The Bertz CT molecular complexity index is 1030. The zero-order valence-electron chi connectivity index (χ0n) is 15.1. The third kappa shape index (κ3) is 3.53. The number of para-hydroxylation sites is 1. The second-order valence-corrected chi connectivity index (χ2v) is 6.71. The molecule has 140 valence electrons. The molecular weight excluding hydrogens is 352 g/mol. The Morgan fingerprint density at radius 2 is 1.64 bits per heavy atom. The molecule has 1 heterocycles. The zero-order valence-corrected chi connectivity index (χ0v) is 15.1. The molecule has 1 aliphatic rings. The van der Waals surface area contributed by atoms with Crippen molar-refractivity contribution in [1.82, 2.24) is 5.32 Å². The average Bonchev–Trinajstić information content (AvgIpc) is 2.85. The Kier molecular flexibility index (Phi) is 4.93. The summed E-state index contributed by atoms with van der Waals surface area (Å²) in [6.45, 7) is 0.231. The van der Waals surface area contributed by atoms with E-state index in [1.54, 1.807) is 18.2 Å². The summed E-state index contributed by atoms with van der Waals surface area (Å²) in [5.74, 6) is -0.595. The van der Waals surface area contributed by atoms with Gasteiger partial charge in [0.2, 0.25) is 0 Å². The molecule has 0 aliphatic carbocycles. The van der Waals surface area contributed by atoms with E-state index in [2.05, 4.69) is 5.32 Å². The molecule has 0 spiro atoms. The molecule has 3 aromatic rings. The maximum absolute atomic E-state index is 12.9. The highest BCUT2D eigenvalue weighted by molar-refractivity contribution is 5.97. The van der Waals surface area contributed by atoms with Crippen LogP contribution in [0.25, 0.3) is 5.57 Å². The van der Waals surface area contributed by atoms with E-state index in [0.717, 1.165) is 22.3 Å². The Morgan fingerprint density at radius 3 is 2.43 bits per heavy atom. The minimum absolute atomic E-state index is 0.0952.